The maximum absolute atomic E-state index is 13.3. The summed E-state index contributed by atoms with van der Waals surface area (Å²) in [6, 6.07) is 3.45. The molecule has 0 bridgehead atoms. The number of allylic oxidation sites excluding steroid dienone is 6. The average molecular weight is 638 g/mol. The van der Waals surface area contributed by atoms with Gasteiger partial charge in [-0.15, -0.1) is 0 Å². The second-order valence-electron chi connectivity index (χ2n) is 8.87. The van der Waals surface area contributed by atoms with Crippen molar-refractivity contribution in [3.63, 3.8) is 0 Å². The number of ketones is 2. The van der Waals surface area contributed by atoms with Crippen molar-refractivity contribution < 1.29 is 29.0 Å². The number of hydrogen-bond acceptors (Lipinski definition) is 6. The second-order valence-corrected chi connectivity index (χ2v) is 10.9. The average Bonchev–Trinajstić information content (AvgIpc) is 3.07. The monoisotopic (exact) mass is 637 g/mol. The van der Waals surface area contributed by atoms with Crippen LogP contribution in [0.4, 0.5) is 0 Å². The van der Waals surface area contributed by atoms with E-state index in [1.54, 1.807) is 19.1 Å². The first-order chi connectivity index (χ1) is 16.2. The molecular formula is C25H21BrINO6. The lowest BCUT2D eigenvalue weighted by Crippen LogP contribution is -2.39. The van der Waals surface area contributed by atoms with E-state index >= 15 is 0 Å². The van der Waals surface area contributed by atoms with E-state index in [0.29, 0.717) is 33.2 Å². The number of fused-ring (bicyclic) bond motifs is 3. The van der Waals surface area contributed by atoms with E-state index in [1.807, 2.05) is 28.7 Å². The zero-order valence-electron chi connectivity index (χ0n) is 18.4. The Bertz CT molecular complexity index is 1280. The van der Waals surface area contributed by atoms with E-state index in [-0.39, 0.29) is 51.7 Å². The van der Waals surface area contributed by atoms with Crippen LogP contribution in [0.5, 0.6) is 11.5 Å². The molecule has 1 aromatic carbocycles. The molecule has 1 N–H and O–H groups in total. The molecule has 0 radical (unpaired) electrons. The van der Waals surface area contributed by atoms with Crippen LogP contribution >= 0.6 is 38.5 Å². The highest BCUT2D eigenvalue weighted by molar-refractivity contribution is 14.1. The highest BCUT2D eigenvalue weighted by atomic mass is 127. The lowest BCUT2D eigenvalue weighted by atomic mass is 9.59. The summed E-state index contributed by atoms with van der Waals surface area (Å²) in [7, 11) is 1.45. The van der Waals surface area contributed by atoms with Crippen molar-refractivity contribution in [3.05, 3.63) is 54.6 Å². The summed E-state index contributed by atoms with van der Waals surface area (Å²) >= 11 is 5.22. The van der Waals surface area contributed by atoms with E-state index in [0.717, 1.165) is 5.57 Å². The number of phenolic OH excluding ortho intramolecular Hbond substituents is 1. The van der Waals surface area contributed by atoms with Crippen molar-refractivity contribution in [2.24, 2.45) is 17.8 Å². The Morgan fingerprint density at radius 1 is 1.18 bits per heavy atom. The van der Waals surface area contributed by atoms with Gasteiger partial charge in [-0.05, 0) is 81.9 Å². The van der Waals surface area contributed by atoms with Crippen LogP contribution in [0.1, 0.15) is 31.2 Å². The second kappa shape index (κ2) is 8.44. The van der Waals surface area contributed by atoms with Crippen molar-refractivity contribution in [1.82, 2.24) is 4.90 Å². The largest absolute Gasteiger partial charge is 0.504 e. The molecule has 1 saturated heterocycles. The minimum Gasteiger partial charge on any atom is -0.504 e. The standard InChI is InChI=1S/C25H21BrINO6/c1-3-28-24(32)12-5-4-11-13(20(12)25(28)33)8-14-21(17(29)9-15(26)22(14)30)19(11)10-6-16(27)23(31)18(7-10)34-2/h4,6-7,9,12-13,19-20,31H,3,5,8H2,1-2H3/t12-,13+,19-,20-/m0/s1. The molecule has 1 aliphatic heterocycles. The van der Waals surface area contributed by atoms with E-state index in [1.165, 1.54) is 18.1 Å². The Kier molecular flexibility index (Phi) is 5.83. The Hall–Kier alpha value is -2.27. The molecular weight excluding hydrogens is 617 g/mol. The minimum atomic E-state index is -0.579. The molecule has 3 aliphatic carbocycles. The molecule has 5 rings (SSSR count). The van der Waals surface area contributed by atoms with Gasteiger partial charge < -0.3 is 9.84 Å². The van der Waals surface area contributed by atoms with Gasteiger partial charge in [0.2, 0.25) is 11.8 Å². The lowest BCUT2D eigenvalue weighted by molar-refractivity contribution is -0.139. The Labute approximate surface area is 218 Å². The number of Topliss-reactive ketones (excluding diaryl/α,β-unsaturated/α-hetero) is 1. The van der Waals surface area contributed by atoms with E-state index in [4.69, 9.17) is 4.74 Å². The molecule has 0 spiro atoms. The van der Waals surface area contributed by atoms with Crippen LogP contribution < -0.4 is 4.74 Å². The van der Waals surface area contributed by atoms with Gasteiger partial charge in [-0.3, -0.25) is 24.1 Å². The number of hydrogen-bond donors (Lipinski definition) is 1. The number of carbonyl (C=O) groups excluding carboxylic acids is 4. The van der Waals surface area contributed by atoms with E-state index in [2.05, 4.69) is 15.9 Å². The van der Waals surface area contributed by atoms with Crippen molar-refractivity contribution in [3.8, 4) is 11.5 Å². The number of benzene rings is 1. The number of likely N-dealkylation sites (tertiary alicyclic amines) is 1. The molecule has 1 aromatic rings. The van der Waals surface area contributed by atoms with Crippen LogP contribution in [0.3, 0.4) is 0 Å². The van der Waals surface area contributed by atoms with Gasteiger partial charge in [0.1, 0.15) is 0 Å². The number of amides is 2. The fourth-order valence-corrected chi connectivity index (χ4v) is 6.95. The number of rotatable bonds is 3. The van der Waals surface area contributed by atoms with Gasteiger partial charge in [0.25, 0.3) is 0 Å². The predicted octanol–water partition coefficient (Wildman–Crippen LogP) is 3.79. The normalized spacial score (nSPS) is 28.4. The number of carbonyl (C=O) groups is 4. The molecule has 2 amide bonds. The SMILES string of the molecule is CCN1C(=O)[C@H]2[C@H](CC=C3[C@H](c4cc(I)c(O)c(OC)c4)C4=C(C[C@H]32)C(=O)C(Br)=CC4=O)C1=O. The third-order valence-electron chi connectivity index (χ3n) is 7.34. The van der Waals surface area contributed by atoms with Crippen molar-refractivity contribution in [2.45, 2.75) is 25.7 Å². The minimum absolute atomic E-state index is 0.00468. The number of ether oxygens (including phenoxy) is 1. The number of imide groups is 1. The maximum Gasteiger partial charge on any atom is 0.233 e. The number of halogens is 2. The zero-order valence-corrected chi connectivity index (χ0v) is 22.2. The first-order valence-corrected chi connectivity index (χ1v) is 12.9. The van der Waals surface area contributed by atoms with Gasteiger partial charge >= 0.3 is 0 Å². The highest BCUT2D eigenvalue weighted by Gasteiger charge is 2.56. The highest BCUT2D eigenvalue weighted by Crippen LogP contribution is 2.56. The molecule has 0 saturated carbocycles. The number of phenols is 1. The van der Waals surface area contributed by atoms with Crippen LogP contribution in [0, 0.1) is 21.3 Å². The molecule has 0 aromatic heterocycles. The van der Waals surface area contributed by atoms with Gasteiger partial charge in [-0.25, -0.2) is 0 Å². The Balaban J connectivity index is 1.73. The van der Waals surface area contributed by atoms with Gasteiger partial charge in [0.15, 0.2) is 23.1 Å². The number of aromatic hydroxyl groups is 1. The summed E-state index contributed by atoms with van der Waals surface area (Å²) in [5.74, 6) is -2.63. The van der Waals surface area contributed by atoms with Crippen molar-refractivity contribution in [1.29, 1.82) is 0 Å². The molecule has 4 aliphatic rings. The van der Waals surface area contributed by atoms with Gasteiger partial charge in [-0.2, -0.15) is 0 Å². The quantitative estimate of drug-likeness (QED) is 0.234. The summed E-state index contributed by atoms with van der Waals surface area (Å²) in [5.41, 5.74) is 2.33. The molecule has 1 fully saturated rings. The molecule has 4 atom stereocenters. The van der Waals surface area contributed by atoms with Crippen molar-refractivity contribution >= 4 is 61.9 Å². The molecule has 1 heterocycles. The molecule has 0 unspecified atom stereocenters. The van der Waals surface area contributed by atoms with Crippen LogP contribution in [-0.2, 0) is 19.2 Å². The van der Waals surface area contributed by atoms with Crippen LogP contribution in [0.25, 0.3) is 0 Å². The first kappa shape index (κ1) is 23.5. The van der Waals surface area contributed by atoms with Crippen LogP contribution in [0.2, 0.25) is 0 Å². The summed E-state index contributed by atoms with van der Waals surface area (Å²) in [4.78, 5) is 53.9. The zero-order chi connectivity index (χ0) is 24.5. The number of methoxy groups -OCH3 is 1. The van der Waals surface area contributed by atoms with Gasteiger partial charge in [0, 0.05) is 29.7 Å². The predicted molar refractivity (Wildman–Crippen MR) is 134 cm³/mol. The lowest BCUT2D eigenvalue weighted by Gasteiger charge is -2.42. The fourth-order valence-electron chi connectivity index (χ4n) is 5.88. The van der Waals surface area contributed by atoms with Crippen LogP contribution in [0.15, 0.2) is 45.5 Å². The molecule has 9 heteroatoms. The van der Waals surface area contributed by atoms with Gasteiger partial charge in [0.05, 0.1) is 27.0 Å². The third-order valence-corrected chi connectivity index (χ3v) is 8.75. The smallest absolute Gasteiger partial charge is 0.233 e. The summed E-state index contributed by atoms with van der Waals surface area (Å²) < 4.78 is 6.09. The summed E-state index contributed by atoms with van der Waals surface area (Å²) in [5, 5.41) is 10.4. The topological polar surface area (TPSA) is 101 Å². The maximum atomic E-state index is 13.3. The van der Waals surface area contributed by atoms with Crippen molar-refractivity contribution in [2.75, 3.05) is 13.7 Å². The number of nitrogens with zero attached hydrogens (tertiary/aromatic N) is 1. The Morgan fingerprint density at radius 3 is 2.59 bits per heavy atom. The summed E-state index contributed by atoms with van der Waals surface area (Å²) in [6.45, 7) is 2.09. The Morgan fingerprint density at radius 2 is 1.91 bits per heavy atom. The summed E-state index contributed by atoms with van der Waals surface area (Å²) in [6.07, 6.45) is 3.91. The molecule has 7 nitrogen and oxygen atoms in total. The van der Waals surface area contributed by atoms with E-state index in [9.17, 15) is 24.3 Å². The van der Waals surface area contributed by atoms with E-state index < -0.39 is 17.8 Å². The molecule has 34 heavy (non-hydrogen) atoms. The fraction of sp³-hybridized carbons (Fsp3) is 0.360. The van der Waals surface area contributed by atoms with Crippen LogP contribution in [-0.4, -0.2) is 47.0 Å². The first-order valence-electron chi connectivity index (χ1n) is 11.0. The third kappa shape index (κ3) is 3.26. The van der Waals surface area contributed by atoms with Gasteiger partial charge in [-0.1, -0.05) is 11.6 Å². The molecule has 176 valence electrons.